The standard InChI is InChI=1S/C9H28N3O15P5.8H3N/c13-28(14,15)5-10(1-3-11(6-29(16,17)18)7-30(19,20)21)2-4-12(8-31(22,23)24)9-32(25,26)27;;;;;;;;/h1-9H2,(H2,13,14,15)(H2,16,17,18)(H2,19,20,21)(H2,22,23,24)(H2,25,26,27);8*1H3/p-2. The van der Waals surface area contributed by atoms with Gasteiger partial charge in [0.2, 0.25) is 0 Å². The Morgan fingerprint density at radius 3 is 0.575 bits per heavy atom. The number of hydrogen-bond donors (Lipinski definition) is 8. The highest BCUT2D eigenvalue weighted by molar-refractivity contribution is 7.50. The van der Waals surface area contributed by atoms with E-state index in [4.69, 9.17) is 0 Å². The molecule has 0 aromatic rings. The Labute approximate surface area is 231 Å². The summed E-state index contributed by atoms with van der Waals surface area (Å²) in [5, 5.41) is 0. The number of nitrogens with zero attached hydrogens (tertiary/aromatic N) is 3. The molecule has 40 heavy (non-hydrogen) atoms. The second-order valence-corrected chi connectivity index (χ2v) is 14.2. The van der Waals surface area contributed by atoms with E-state index in [2.05, 4.69) is 0 Å². The normalized spacial score (nSPS) is 11.7. The molecule has 0 fully saturated rings. The van der Waals surface area contributed by atoms with E-state index in [-0.39, 0.29) is 49.2 Å². The molecule has 0 spiro atoms. The van der Waals surface area contributed by atoms with Crippen molar-refractivity contribution in [3.05, 3.63) is 0 Å². The maximum Gasteiger partial charge on any atom is 0.0264 e. The first-order chi connectivity index (χ1) is 13.9. The summed E-state index contributed by atoms with van der Waals surface area (Å²) >= 11 is 0. The largest absolute Gasteiger partial charge is 0.810 e. The van der Waals surface area contributed by atoms with Crippen LogP contribution in [0.2, 0.25) is 0 Å². The van der Waals surface area contributed by atoms with Crippen LogP contribution in [-0.2, 0) is 22.8 Å². The van der Waals surface area contributed by atoms with Crippen LogP contribution in [0.15, 0.2) is 0 Å². The lowest BCUT2D eigenvalue weighted by Crippen LogP contribution is -2.45. The zero-order chi connectivity index (χ0) is 25.6. The molecule has 0 saturated heterocycles. The van der Waals surface area contributed by atoms with E-state index in [9.17, 15) is 71.8 Å². The molecule has 26 nitrogen and oxygen atoms in total. The molecular formula is C9H50N11O15P5-2. The topological polar surface area (TPSA) is 618 Å². The van der Waals surface area contributed by atoms with E-state index in [1.165, 1.54) is 0 Å². The Morgan fingerprint density at radius 1 is 0.300 bits per heavy atom. The van der Waals surface area contributed by atoms with Crippen molar-refractivity contribution in [2.24, 2.45) is 0 Å². The van der Waals surface area contributed by atoms with Crippen molar-refractivity contribution in [2.75, 3.05) is 57.6 Å². The summed E-state index contributed by atoms with van der Waals surface area (Å²) in [6, 6.07) is 0. The van der Waals surface area contributed by atoms with Gasteiger partial charge in [-0.15, -0.1) is 0 Å². The summed E-state index contributed by atoms with van der Waals surface area (Å²) in [6.07, 6.45) is -7.03. The minimum Gasteiger partial charge on any atom is -0.810 e. The van der Waals surface area contributed by atoms with E-state index in [1.54, 1.807) is 0 Å². The van der Waals surface area contributed by atoms with Gasteiger partial charge in [0.15, 0.2) is 0 Å². The van der Waals surface area contributed by atoms with E-state index in [1.807, 2.05) is 0 Å². The molecule has 258 valence electrons. The first kappa shape index (κ1) is 63.5. The maximum absolute atomic E-state index is 11.1. The van der Waals surface area contributed by atoms with Crippen molar-refractivity contribution in [1.29, 1.82) is 0 Å². The monoisotopic (exact) mass is 707 g/mol. The van der Waals surface area contributed by atoms with Crippen molar-refractivity contribution in [2.45, 2.75) is 0 Å². The first-order valence-corrected chi connectivity index (χ1v) is 16.8. The van der Waals surface area contributed by atoms with Crippen LogP contribution in [0.3, 0.4) is 0 Å². The van der Waals surface area contributed by atoms with Crippen molar-refractivity contribution in [3.63, 3.8) is 0 Å². The van der Waals surface area contributed by atoms with Gasteiger partial charge in [-0.25, -0.2) is 0 Å². The molecule has 0 aliphatic rings. The molecule has 0 aromatic heterocycles. The van der Waals surface area contributed by atoms with Gasteiger partial charge in [-0.2, -0.15) is 0 Å². The van der Waals surface area contributed by atoms with Crippen LogP contribution in [0.4, 0.5) is 0 Å². The molecule has 0 heterocycles. The molecule has 0 saturated carbocycles. The predicted octanol–water partition coefficient (Wildman–Crippen LogP) is -5.74. The highest BCUT2D eigenvalue weighted by atomic mass is 31.2. The fourth-order valence-electron chi connectivity index (χ4n) is 2.42. The van der Waals surface area contributed by atoms with E-state index < -0.39 is 95.6 Å². The van der Waals surface area contributed by atoms with Crippen molar-refractivity contribution in [3.8, 4) is 0 Å². The second-order valence-electron chi connectivity index (χ2n) is 6.67. The number of hydrogen-bond acceptors (Lipinski definition) is 18. The van der Waals surface area contributed by atoms with Gasteiger partial charge < -0.3 is 121 Å². The quantitative estimate of drug-likeness (QED) is 0.0692. The number of rotatable bonds is 16. The molecule has 31 heteroatoms. The summed E-state index contributed by atoms with van der Waals surface area (Å²) in [5.74, 6) is 0. The zero-order valence-electron chi connectivity index (χ0n) is 24.1. The maximum atomic E-state index is 11.1. The fraction of sp³-hybridized carbons (Fsp3) is 1.00. The predicted molar refractivity (Wildman–Crippen MR) is 135 cm³/mol. The van der Waals surface area contributed by atoms with Gasteiger partial charge in [0, 0.05) is 57.6 Å². The Hall–Kier alpha value is 0.310. The lowest BCUT2D eigenvalue weighted by atomic mass is 10.4. The highest BCUT2D eigenvalue weighted by Gasteiger charge is 2.16. The molecule has 0 radical (unpaired) electrons. The van der Waals surface area contributed by atoms with Gasteiger partial charge in [0.05, 0.1) is 0 Å². The Bertz CT molecular complexity index is 740. The van der Waals surface area contributed by atoms with Crippen molar-refractivity contribution < 1.29 is 71.8 Å². The van der Waals surface area contributed by atoms with Crippen LogP contribution >= 0.6 is 38.0 Å². The average molecular weight is 707 g/mol. The third-order valence-corrected chi connectivity index (χ3v) is 7.06. The molecule has 0 unspecified atom stereocenters. The summed E-state index contributed by atoms with van der Waals surface area (Å²) in [6.45, 7) is -2.82. The Morgan fingerprint density at radius 2 is 0.425 bits per heavy atom. The Kier molecular flexibility index (Phi) is 39.3. The van der Waals surface area contributed by atoms with Crippen LogP contribution in [0.5, 0.6) is 0 Å². The third-order valence-electron chi connectivity index (χ3n) is 3.33. The Balaban J connectivity index is -0.000000172. The van der Waals surface area contributed by atoms with E-state index >= 15 is 0 Å². The molecule has 0 bridgehead atoms. The summed E-state index contributed by atoms with van der Waals surface area (Å²) in [7, 11) is -26.8. The van der Waals surface area contributed by atoms with Crippen molar-refractivity contribution in [1.82, 2.24) is 63.9 Å². The van der Waals surface area contributed by atoms with Gasteiger partial charge in [-0.1, -0.05) is 38.0 Å². The van der Waals surface area contributed by atoms with Gasteiger partial charge in [0.1, 0.15) is 0 Å². The minimum absolute atomic E-state index is 0. The smallest absolute Gasteiger partial charge is 0.0264 e. The van der Waals surface area contributed by atoms with Crippen LogP contribution in [0.1, 0.15) is 0 Å². The third kappa shape index (κ3) is 42.8. The van der Waals surface area contributed by atoms with Gasteiger partial charge in [-0.05, 0) is 0 Å². The van der Waals surface area contributed by atoms with Gasteiger partial charge in [0.25, 0.3) is 0 Å². The van der Waals surface area contributed by atoms with Crippen LogP contribution in [0, 0.1) is 0 Å². The fourth-order valence-corrected chi connectivity index (χ4v) is 6.43. The van der Waals surface area contributed by atoms with E-state index in [0.29, 0.717) is 14.7 Å². The second kappa shape index (κ2) is 24.7. The molecule has 32 N–H and O–H groups in total. The van der Waals surface area contributed by atoms with Gasteiger partial charge >= 0.3 is 0 Å². The summed E-state index contributed by atoms with van der Waals surface area (Å²) in [5.41, 5.74) is 0. The average Bonchev–Trinajstić information content (AvgIpc) is 2.41. The lowest BCUT2D eigenvalue weighted by Gasteiger charge is -2.43. The zero-order valence-corrected chi connectivity index (χ0v) is 28.5. The van der Waals surface area contributed by atoms with Crippen LogP contribution < -0.4 is 98.1 Å². The molecule has 0 rings (SSSR count). The van der Waals surface area contributed by atoms with Crippen molar-refractivity contribution >= 4 is 38.0 Å². The molecule has 0 amide bonds. The van der Waals surface area contributed by atoms with Crippen LogP contribution in [0.25, 0.3) is 0 Å². The molecular weight excluding hydrogens is 657 g/mol. The SMILES string of the molecule is O=P([O-])([O-])CN(CCN(CP(=O)([O-])[O-])CP(=O)([O-])[O-])CCN(CP(=O)([O-])[O-])CP(=O)([O-])[O-].[NH4+].[NH4+].[NH4+].[NH4+].[NH4+].[NH4+].[NH4+].[NH4+]. The first-order valence-electron chi connectivity index (χ1n) is 8.17. The summed E-state index contributed by atoms with van der Waals surface area (Å²) < 4.78 is 54.6. The molecule has 0 aromatic carbocycles. The number of quaternary nitrogens is 8. The molecule has 0 aliphatic heterocycles. The van der Waals surface area contributed by atoms with Gasteiger partial charge in [-0.3, -0.25) is 14.7 Å². The molecule has 0 atom stereocenters. The van der Waals surface area contributed by atoms with E-state index in [0.717, 1.165) is 0 Å². The highest BCUT2D eigenvalue weighted by Crippen LogP contribution is 2.32. The molecule has 0 aliphatic carbocycles. The minimum atomic E-state index is -5.37. The van der Waals surface area contributed by atoms with Crippen LogP contribution in [-0.4, -0.2) is 72.3 Å². The lowest BCUT2D eigenvalue weighted by molar-refractivity contribution is -0.321. The summed E-state index contributed by atoms with van der Waals surface area (Å²) in [4.78, 5) is 111.